The van der Waals surface area contributed by atoms with Crippen LogP contribution < -0.4 is 4.74 Å². The van der Waals surface area contributed by atoms with Gasteiger partial charge < -0.3 is 13.9 Å². The van der Waals surface area contributed by atoms with Crippen LogP contribution in [0.2, 0.25) is 16.6 Å². The normalized spacial score (nSPS) is 13.5. The zero-order chi connectivity index (χ0) is 22.7. The first kappa shape index (κ1) is 27.1. The highest BCUT2D eigenvalue weighted by Crippen LogP contribution is 2.42. The van der Waals surface area contributed by atoms with Gasteiger partial charge in [0.05, 0.1) is 19.8 Å². The number of benzene rings is 1. The average molecular weight is 445 g/mol. The summed E-state index contributed by atoms with van der Waals surface area (Å²) in [6.07, 6.45) is 1.09. The van der Waals surface area contributed by atoms with E-state index >= 15 is 0 Å². The maximum absolute atomic E-state index is 14.1. The number of hydrogen-bond acceptors (Lipinski definition) is 3. The van der Waals surface area contributed by atoms with Crippen molar-refractivity contribution in [3.05, 3.63) is 29.6 Å². The van der Waals surface area contributed by atoms with E-state index in [4.69, 9.17) is 13.9 Å². The molecule has 0 radical (unpaired) electrons. The molecule has 6 heteroatoms. The summed E-state index contributed by atoms with van der Waals surface area (Å²) in [6, 6.07) is 4.70. The van der Waals surface area contributed by atoms with Crippen LogP contribution in [0.25, 0.3) is 0 Å². The van der Waals surface area contributed by atoms with Crippen LogP contribution in [0.15, 0.2) is 18.2 Å². The van der Waals surface area contributed by atoms with Crippen molar-refractivity contribution in [3.8, 4) is 5.75 Å². The van der Waals surface area contributed by atoms with Gasteiger partial charge in [0.25, 0.3) is 0 Å². The van der Waals surface area contributed by atoms with E-state index in [1.54, 1.807) is 19.1 Å². The molecule has 0 aromatic heterocycles. The molecule has 1 rings (SSSR count). The van der Waals surface area contributed by atoms with Gasteiger partial charge in [-0.25, -0.2) is 8.78 Å². The molecule has 3 nitrogen and oxygen atoms in total. The van der Waals surface area contributed by atoms with E-state index in [9.17, 15) is 8.78 Å². The predicted octanol–water partition coefficient (Wildman–Crippen LogP) is 7.44. The number of hydrogen-bond donors (Lipinski definition) is 0. The Bertz CT molecular complexity index is 586. The van der Waals surface area contributed by atoms with Gasteiger partial charge in [0, 0.05) is 6.61 Å². The molecule has 1 aromatic rings. The second-order valence-corrected chi connectivity index (χ2v) is 14.4. The highest BCUT2D eigenvalue weighted by molar-refractivity contribution is 6.77. The molecule has 0 N–H and O–H groups in total. The Balaban J connectivity index is 2.30. The summed E-state index contributed by atoms with van der Waals surface area (Å²) in [7, 11) is -1.84. The summed E-state index contributed by atoms with van der Waals surface area (Å²) in [5.41, 5.74) is 2.36. The van der Waals surface area contributed by atoms with Crippen molar-refractivity contribution in [2.24, 2.45) is 0 Å². The summed E-state index contributed by atoms with van der Waals surface area (Å²) >= 11 is 0. The van der Waals surface area contributed by atoms with Gasteiger partial charge in [-0.1, -0.05) is 47.6 Å². The van der Waals surface area contributed by atoms with Gasteiger partial charge in [0.2, 0.25) is 0 Å². The Morgan fingerprint density at radius 3 is 2.13 bits per heavy atom. The van der Waals surface area contributed by atoms with Crippen LogP contribution >= 0.6 is 0 Å². The highest BCUT2D eigenvalue weighted by Gasteiger charge is 2.44. The number of halogens is 2. The molecule has 1 aromatic carbocycles. The van der Waals surface area contributed by atoms with Gasteiger partial charge in [-0.2, -0.15) is 0 Å². The average Bonchev–Trinajstić information content (AvgIpc) is 2.66. The minimum atomic E-state index is -1.84. The lowest BCUT2D eigenvalue weighted by molar-refractivity contribution is 0.0648. The summed E-state index contributed by atoms with van der Waals surface area (Å²) in [4.78, 5) is 0. The van der Waals surface area contributed by atoms with E-state index in [2.05, 4.69) is 41.5 Å². The smallest absolute Gasteiger partial charge is 0.200 e. The van der Waals surface area contributed by atoms with E-state index in [1.807, 2.05) is 0 Å². The number of alkyl halides is 1. The molecule has 0 saturated carbocycles. The second kappa shape index (κ2) is 13.4. The lowest BCUT2D eigenvalue weighted by Crippen LogP contribution is -2.47. The number of rotatable bonds is 15. The molecule has 0 aliphatic heterocycles. The first-order valence-corrected chi connectivity index (χ1v) is 13.6. The molecule has 174 valence electrons. The maximum atomic E-state index is 14.1. The fourth-order valence-corrected chi connectivity index (χ4v) is 10.0. The van der Waals surface area contributed by atoms with E-state index in [-0.39, 0.29) is 19.0 Å². The minimum Gasteiger partial charge on any atom is -0.491 e. The van der Waals surface area contributed by atoms with Crippen molar-refractivity contribution in [2.75, 3.05) is 19.8 Å². The molecule has 0 aliphatic carbocycles. The lowest BCUT2D eigenvalue weighted by Gasteiger charge is -2.42. The van der Waals surface area contributed by atoms with Crippen molar-refractivity contribution in [2.45, 2.75) is 97.1 Å². The van der Waals surface area contributed by atoms with E-state index in [1.165, 1.54) is 6.07 Å². The topological polar surface area (TPSA) is 27.7 Å². The van der Waals surface area contributed by atoms with Crippen LogP contribution in [-0.4, -0.2) is 34.3 Å². The molecule has 0 bridgehead atoms. The molecule has 0 amide bonds. The lowest BCUT2D eigenvalue weighted by atomic mass is 10.2. The fraction of sp³-hybridized carbons (Fsp3) is 0.750. The molecule has 1 atom stereocenters. The summed E-state index contributed by atoms with van der Waals surface area (Å²) in [5.74, 6) is -0.190. The monoisotopic (exact) mass is 444 g/mol. The van der Waals surface area contributed by atoms with E-state index in [0.717, 1.165) is 12.8 Å². The predicted molar refractivity (Wildman–Crippen MR) is 123 cm³/mol. The van der Waals surface area contributed by atoms with Crippen LogP contribution in [-0.2, 0) is 15.8 Å². The van der Waals surface area contributed by atoms with E-state index < -0.39 is 20.3 Å². The SMILES string of the molecule is CCOc1ccc(COCC(F)CCCCO[Si](C(C)C)(C(C)C)C(C)C)cc1F. The zero-order valence-corrected chi connectivity index (χ0v) is 21.0. The first-order chi connectivity index (χ1) is 14.1. The molecule has 0 saturated heterocycles. The minimum absolute atomic E-state index is 0.0261. The van der Waals surface area contributed by atoms with Crippen molar-refractivity contribution in [1.29, 1.82) is 0 Å². The first-order valence-electron chi connectivity index (χ1n) is 11.4. The van der Waals surface area contributed by atoms with Gasteiger partial charge in [-0.3, -0.25) is 0 Å². The van der Waals surface area contributed by atoms with Crippen LogP contribution in [0.1, 0.15) is 73.3 Å². The van der Waals surface area contributed by atoms with Gasteiger partial charge in [-0.15, -0.1) is 0 Å². The Kier molecular flexibility index (Phi) is 12.1. The fourth-order valence-electron chi connectivity index (χ4n) is 4.51. The maximum Gasteiger partial charge on any atom is 0.200 e. The van der Waals surface area contributed by atoms with Crippen molar-refractivity contribution in [1.82, 2.24) is 0 Å². The molecule has 0 aliphatic rings. The Morgan fingerprint density at radius 1 is 0.967 bits per heavy atom. The van der Waals surface area contributed by atoms with Crippen molar-refractivity contribution >= 4 is 8.32 Å². The molecule has 30 heavy (non-hydrogen) atoms. The molecule has 0 fully saturated rings. The standard InChI is InChI=1S/C24H42F2O3Si/c1-8-28-24-13-12-21(15-23(24)26)16-27-17-22(25)11-9-10-14-29-30(18(2)3,19(4)5)20(6)7/h12-13,15,18-20,22H,8-11,14,16-17H2,1-7H3. The van der Waals surface area contributed by atoms with Crippen LogP contribution in [0, 0.1) is 5.82 Å². The molecular formula is C24H42F2O3Si. The molecule has 1 unspecified atom stereocenters. The Hall–Kier alpha value is -0.983. The van der Waals surface area contributed by atoms with Crippen molar-refractivity contribution < 1.29 is 22.7 Å². The third kappa shape index (κ3) is 7.93. The Morgan fingerprint density at radius 2 is 1.60 bits per heavy atom. The van der Waals surface area contributed by atoms with Crippen LogP contribution in [0.5, 0.6) is 5.75 Å². The quantitative estimate of drug-likeness (QED) is 0.208. The third-order valence-electron chi connectivity index (χ3n) is 5.83. The number of ether oxygens (including phenoxy) is 2. The largest absolute Gasteiger partial charge is 0.491 e. The molecule has 0 spiro atoms. The van der Waals surface area contributed by atoms with Gasteiger partial charge >= 0.3 is 0 Å². The van der Waals surface area contributed by atoms with Gasteiger partial charge in [0.1, 0.15) is 6.17 Å². The summed E-state index contributed by atoms with van der Waals surface area (Å²) in [6.45, 7) is 16.8. The van der Waals surface area contributed by atoms with Crippen LogP contribution in [0.4, 0.5) is 8.78 Å². The summed E-state index contributed by atoms with van der Waals surface area (Å²) in [5, 5.41) is 0. The van der Waals surface area contributed by atoms with E-state index in [0.29, 0.717) is 41.8 Å². The van der Waals surface area contributed by atoms with Crippen molar-refractivity contribution in [3.63, 3.8) is 0 Å². The molecule has 0 heterocycles. The van der Waals surface area contributed by atoms with Crippen LogP contribution in [0.3, 0.4) is 0 Å². The Labute approximate surface area is 183 Å². The molecular weight excluding hydrogens is 402 g/mol. The van der Waals surface area contributed by atoms with Gasteiger partial charge in [0.15, 0.2) is 19.9 Å². The highest BCUT2D eigenvalue weighted by atomic mass is 28.4. The summed E-state index contributed by atoms with van der Waals surface area (Å²) < 4.78 is 45.1. The number of unbranched alkanes of at least 4 members (excludes halogenated alkanes) is 1. The van der Waals surface area contributed by atoms with Gasteiger partial charge in [-0.05, 0) is 60.5 Å². The third-order valence-corrected chi connectivity index (χ3v) is 12.0. The second-order valence-electron chi connectivity index (χ2n) is 8.97. The zero-order valence-electron chi connectivity index (χ0n) is 20.0.